The summed E-state index contributed by atoms with van der Waals surface area (Å²) in [6.45, 7) is 0.0278. The molecule has 0 bridgehead atoms. The van der Waals surface area contributed by atoms with E-state index < -0.39 is 11.1 Å². The van der Waals surface area contributed by atoms with E-state index in [1.165, 1.54) is 6.07 Å². The number of rotatable bonds is 4. The first-order valence-corrected chi connectivity index (χ1v) is 9.56. The van der Waals surface area contributed by atoms with Gasteiger partial charge in [0.25, 0.3) is 11.1 Å². The van der Waals surface area contributed by atoms with E-state index in [0.717, 1.165) is 16.7 Å². The predicted octanol–water partition coefficient (Wildman–Crippen LogP) is 4.72. The van der Waals surface area contributed by atoms with Crippen LogP contribution in [0.4, 0.5) is 9.18 Å². The third kappa shape index (κ3) is 3.58. The maximum atomic E-state index is 14.2. The van der Waals surface area contributed by atoms with Gasteiger partial charge in [0.05, 0.1) is 28.8 Å². The van der Waals surface area contributed by atoms with Crippen molar-refractivity contribution in [3.8, 4) is 11.8 Å². The minimum Gasteiger partial charge on any atom is -0.314 e. The molecule has 2 heterocycles. The molecule has 0 unspecified atom stereocenters. The topological polar surface area (TPSA) is 66.1 Å². The van der Waals surface area contributed by atoms with E-state index in [4.69, 9.17) is 0 Å². The number of nitriles is 1. The molecular formula is C22H14FN3O2S. The van der Waals surface area contributed by atoms with Crippen molar-refractivity contribution >= 4 is 29.0 Å². The van der Waals surface area contributed by atoms with Crippen LogP contribution in [0.5, 0.6) is 0 Å². The Balaban J connectivity index is 1.64. The van der Waals surface area contributed by atoms with Gasteiger partial charge in [-0.15, -0.1) is 0 Å². The van der Waals surface area contributed by atoms with Gasteiger partial charge in [-0.1, -0.05) is 30.3 Å². The number of imide groups is 1. The lowest BCUT2D eigenvalue weighted by Gasteiger charge is -2.13. The highest BCUT2D eigenvalue weighted by Gasteiger charge is 2.35. The summed E-state index contributed by atoms with van der Waals surface area (Å²) in [4.78, 5) is 26.6. The Morgan fingerprint density at radius 2 is 1.79 bits per heavy atom. The molecule has 2 aromatic carbocycles. The number of amides is 2. The SMILES string of the molecule is N#Cc1ccccc1CN1C(=O)S/C(=C/c2cccn2-c2ccccc2F)C1=O. The van der Waals surface area contributed by atoms with Crippen LogP contribution in [0, 0.1) is 17.1 Å². The molecule has 3 aromatic rings. The van der Waals surface area contributed by atoms with E-state index >= 15 is 0 Å². The molecule has 1 aromatic heterocycles. The highest BCUT2D eigenvalue weighted by Crippen LogP contribution is 2.34. The summed E-state index contributed by atoms with van der Waals surface area (Å²) in [5.74, 6) is -0.825. The van der Waals surface area contributed by atoms with Gasteiger partial charge in [0.1, 0.15) is 5.82 Å². The number of hydrogen-bond donors (Lipinski definition) is 0. The van der Waals surface area contributed by atoms with Crippen LogP contribution in [0.3, 0.4) is 0 Å². The first kappa shape index (κ1) is 18.7. The van der Waals surface area contributed by atoms with Crippen molar-refractivity contribution in [3.63, 3.8) is 0 Å². The summed E-state index contributed by atoms with van der Waals surface area (Å²) in [6, 6.07) is 18.7. The molecule has 29 heavy (non-hydrogen) atoms. The smallest absolute Gasteiger partial charge is 0.293 e. The lowest BCUT2D eigenvalue weighted by Crippen LogP contribution is -2.27. The molecule has 1 aliphatic rings. The molecule has 1 saturated heterocycles. The maximum Gasteiger partial charge on any atom is 0.293 e. The molecule has 0 atom stereocenters. The summed E-state index contributed by atoms with van der Waals surface area (Å²) >= 11 is 0.829. The zero-order chi connectivity index (χ0) is 20.4. The van der Waals surface area contributed by atoms with Gasteiger partial charge in [-0.2, -0.15) is 5.26 Å². The van der Waals surface area contributed by atoms with Gasteiger partial charge >= 0.3 is 0 Å². The largest absolute Gasteiger partial charge is 0.314 e. The van der Waals surface area contributed by atoms with Gasteiger partial charge in [0, 0.05) is 11.9 Å². The fourth-order valence-electron chi connectivity index (χ4n) is 3.09. The molecule has 0 aliphatic carbocycles. The van der Waals surface area contributed by atoms with Crippen LogP contribution in [0.15, 0.2) is 71.8 Å². The molecule has 1 aliphatic heterocycles. The van der Waals surface area contributed by atoms with Crippen LogP contribution in [0.1, 0.15) is 16.8 Å². The Bertz CT molecular complexity index is 1190. The van der Waals surface area contributed by atoms with Crippen molar-refractivity contribution in [3.05, 3.63) is 94.4 Å². The van der Waals surface area contributed by atoms with E-state index in [1.54, 1.807) is 71.4 Å². The molecule has 2 amide bonds. The normalized spacial score (nSPS) is 15.2. The summed E-state index contributed by atoms with van der Waals surface area (Å²) in [5.41, 5.74) is 1.96. The van der Waals surface area contributed by atoms with Gasteiger partial charge in [0.2, 0.25) is 0 Å². The molecule has 5 nitrogen and oxygen atoms in total. The second-order valence-corrected chi connectivity index (χ2v) is 7.28. The number of nitrogens with zero attached hydrogens (tertiary/aromatic N) is 3. The summed E-state index contributed by atoms with van der Waals surface area (Å²) in [7, 11) is 0. The predicted molar refractivity (Wildman–Crippen MR) is 108 cm³/mol. The highest BCUT2D eigenvalue weighted by molar-refractivity contribution is 8.18. The van der Waals surface area contributed by atoms with Crippen molar-refractivity contribution in [2.75, 3.05) is 0 Å². The first-order valence-electron chi connectivity index (χ1n) is 8.74. The number of thioether (sulfide) groups is 1. The third-order valence-corrected chi connectivity index (χ3v) is 5.42. The van der Waals surface area contributed by atoms with Gasteiger partial charge < -0.3 is 4.57 Å². The van der Waals surface area contributed by atoms with Gasteiger partial charge in [-0.25, -0.2) is 4.39 Å². The van der Waals surface area contributed by atoms with Crippen LogP contribution in [-0.2, 0) is 11.3 Å². The van der Waals surface area contributed by atoms with E-state index in [-0.39, 0.29) is 17.3 Å². The van der Waals surface area contributed by atoms with Crippen LogP contribution < -0.4 is 0 Å². The lowest BCUT2D eigenvalue weighted by atomic mass is 10.1. The number of aromatic nitrogens is 1. The molecule has 0 spiro atoms. The molecule has 0 saturated carbocycles. The molecular weight excluding hydrogens is 389 g/mol. The zero-order valence-electron chi connectivity index (χ0n) is 15.1. The fraction of sp³-hybridized carbons (Fsp3) is 0.0455. The van der Waals surface area contributed by atoms with Crippen LogP contribution >= 0.6 is 11.8 Å². The first-order chi connectivity index (χ1) is 14.1. The van der Waals surface area contributed by atoms with E-state index in [0.29, 0.717) is 22.5 Å². The van der Waals surface area contributed by atoms with Gasteiger partial charge in [0.15, 0.2) is 0 Å². The zero-order valence-corrected chi connectivity index (χ0v) is 15.9. The van der Waals surface area contributed by atoms with Crippen molar-refractivity contribution < 1.29 is 14.0 Å². The van der Waals surface area contributed by atoms with Crippen LogP contribution in [0.25, 0.3) is 11.8 Å². The molecule has 4 rings (SSSR count). The summed E-state index contributed by atoms with van der Waals surface area (Å²) in [5, 5.41) is 8.82. The average Bonchev–Trinajstić information content (AvgIpc) is 3.29. The number of carbonyl (C=O) groups excluding carboxylic acids is 2. The lowest BCUT2D eigenvalue weighted by molar-refractivity contribution is -0.123. The Labute approximate surface area is 170 Å². The Morgan fingerprint density at radius 1 is 1.03 bits per heavy atom. The number of benzene rings is 2. The Kier molecular flexibility index (Phi) is 5.02. The molecule has 7 heteroatoms. The fourth-order valence-corrected chi connectivity index (χ4v) is 3.91. The van der Waals surface area contributed by atoms with Crippen molar-refractivity contribution in [1.82, 2.24) is 9.47 Å². The highest BCUT2D eigenvalue weighted by atomic mass is 32.2. The minimum absolute atomic E-state index is 0.0278. The van der Waals surface area contributed by atoms with E-state index in [2.05, 4.69) is 6.07 Å². The number of hydrogen-bond acceptors (Lipinski definition) is 4. The average molecular weight is 403 g/mol. The second kappa shape index (κ2) is 7.78. The second-order valence-electron chi connectivity index (χ2n) is 6.29. The van der Waals surface area contributed by atoms with Gasteiger partial charge in [-0.3, -0.25) is 14.5 Å². The van der Waals surface area contributed by atoms with Crippen molar-refractivity contribution in [2.24, 2.45) is 0 Å². The number of carbonyl (C=O) groups is 2. The van der Waals surface area contributed by atoms with Crippen LogP contribution in [-0.4, -0.2) is 20.6 Å². The number of halogens is 1. The monoisotopic (exact) mass is 403 g/mol. The Morgan fingerprint density at radius 3 is 2.59 bits per heavy atom. The van der Waals surface area contributed by atoms with Gasteiger partial charge in [-0.05, 0) is 53.7 Å². The Hall–Kier alpha value is -3.63. The van der Waals surface area contributed by atoms with Crippen molar-refractivity contribution in [1.29, 1.82) is 5.26 Å². The van der Waals surface area contributed by atoms with Crippen molar-refractivity contribution in [2.45, 2.75) is 6.54 Å². The quantitative estimate of drug-likeness (QED) is 0.591. The molecule has 142 valence electrons. The number of para-hydroxylation sites is 1. The molecule has 0 N–H and O–H groups in total. The van der Waals surface area contributed by atoms with E-state index in [1.807, 2.05) is 0 Å². The van der Waals surface area contributed by atoms with Crippen LogP contribution in [0.2, 0.25) is 0 Å². The maximum absolute atomic E-state index is 14.2. The summed E-state index contributed by atoms with van der Waals surface area (Å²) < 4.78 is 15.8. The standard InChI is InChI=1S/C22H14FN3O2S/c23-18-9-3-4-10-19(18)25-11-5-8-17(25)12-20-21(27)26(22(28)29-20)14-16-7-2-1-6-15(16)13-24/h1-12H,14H2/b20-12+. The molecule has 1 fully saturated rings. The van der Waals surface area contributed by atoms with E-state index in [9.17, 15) is 19.2 Å². The molecule has 0 radical (unpaired) electrons. The minimum atomic E-state index is -0.436. The summed E-state index contributed by atoms with van der Waals surface area (Å²) in [6.07, 6.45) is 3.27. The third-order valence-electron chi connectivity index (χ3n) is 4.51.